The highest BCUT2D eigenvalue weighted by Gasteiger charge is 2.06. The van der Waals surface area contributed by atoms with E-state index in [1.807, 2.05) is 19.2 Å². The summed E-state index contributed by atoms with van der Waals surface area (Å²) in [5.74, 6) is 0.662. The largest absolute Gasteiger partial charge is 0.495 e. The smallest absolute Gasteiger partial charge is 0.140 e. The zero-order valence-electron chi connectivity index (χ0n) is 6.82. The van der Waals surface area contributed by atoms with E-state index in [4.69, 9.17) is 16.3 Å². The van der Waals surface area contributed by atoms with Gasteiger partial charge in [-0.3, -0.25) is 0 Å². The predicted octanol–water partition coefficient (Wildman–Crippen LogP) is 3.15. The molecule has 0 aliphatic rings. The van der Waals surface area contributed by atoms with Crippen molar-refractivity contribution in [3.8, 4) is 5.75 Å². The average Bonchev–Trinajstić information content (AvgIpc) is 2.08. The number of halogens is 2. The van der Waals surface area contributed by atoms with Crippen molar-refractivity contribution in [2.75, 3.05) is 19.5 Å². The number of nitrogens with one attached hydrogen (secondary N) is 1. The van der Waals surface area contributed by atoms with Crippen molar-refractivity contribution in [1.29, 1.82) is 0 Å². The number of hydrogen-bond donors (Lipinski definition) is 1. The lowest BCUT2D eigenvalue weighted by atomic mass is 10.3. The van der Waals surface area contributed by atoms with Crippen molar-refractivity contribution in [2.24, 2.45) is 0 Å². The minimum atomic E-state index is 0.600. The summed E-state index contributed by atoms with van der Waals surface area (Å²) in [5, 5.41) is 3.57. The Hall–Kier alpha value is -0.410. The quantitative estimate of drug-likeness (QED) is 0.870. The SMILES string of the molecule is CNc1cc(Br)cc(OC)c1Cl. The van der Waals surface area contributed by atoms with Crippen LogP contribution in [0, 0.1) is 0 Å². The molecule has 2 nitrogen and oxygen atoms in total. The van der Waals surface area contributed by atoms with Crippen LogP contribution in [0.15, 0.2) is 16.6 Å². The Bertz CT molecular complexity index is 265. The van der Waals surface area contributed by atoms with E-state index >= 15 is 0 Å². The van der Waals surface area contributed by atoms with Crippen LogP contribution >= 0.6 is 27.5 Å². The maximum atomic E-state index is 5.97. The van der Waals surface area contributed by atoms with Crippen LogP contribution in [0.25, 0.3) is 0 Å². The van der Waals surface area contributed by atoms with Crippen LogP contribution in [-0.4, -0.2) is 14.2 Å². The van der Waals surface area contributed by atoms with Crippen LogP contribution in [0.2, 0.25) is 5.02 Å². The number of anilines is 1. The van der Waals surface area contributed by atoms with E-state index in [1.165, 1.54) is 0 Å². The van der Waals surface area contributed by atoms with Gasteiger partial charge in [0.05, 0.1) is 12.8 Å². The van der Waals surface area contributed by atoms with Crippen molar-refractivity contribution < 1.29 is 4.74 Å². The highest BCUT2D eigenvalue weighted by molar-refractivity contribution is 9.10. The first kappa shape index (κ1) is 9.68. The minimum absolute atomic E-state index is 0.600. The summed E-state index contributed by atoms with van der Waals surface area (Å²) < 4.78 is 6.00. The third-order valence-corrected chi connectivity index (χ3v) is 2.34. The third-order valence-electron chi connectivity index (χ3n) is 1.49. The Morgan fingerprint density at radius 1 is 1.50 bits per heavy atom. The van der Waals surface area contributed by atoms with Gasteiger partial charge >= 0.3 is 0 Å². The van der Waals surface area contributed by atoms with Gasteiger partial charge in [0.25, 0.3) is 0 Å². The van der Waals surface area contributed by atoms with E-state index in [1.54, 1.807) is 7.11 Å². The van der Waals surface area contributed by atoms with E-state index in [-0.39, 0.29) is 0 Å². The first-order valence-corrected chi connectivity index (χ1v) is 4.57. The number of rotatable bonds is 2. The molecule has 1 aromatic carbocycles. The summed E-state index contributed by atoms with van der Waals surface area (Å²) in [5.41, 5.74) is 0.850. The van der Waals surface area contributed by atoms with Crippen molar-refractivity contribution in [3.05, 3.63) is 21.6 Å². The fourth-order valence-electron chi connectivity index (χ4n) is 0.895. The van der Waals surface area contributed by atoms with Crippen LogP contribution in [0.5, 0.6) is 5.75 Å². The molecule has 0 radical (unpaired) electrons. The molecule has 12 heavy (non-hydrogen) atoms. The van der Waals surface area contributed by atoms with Crippen LogP contribution in [0.3, 0.4) is 0 Å². The fraction of sp³-hybridized carbons (Fsp3) is 0.250. The normalized spacial score (nSPS) is 9.67. The lowest BCUT2D eigenvalue weighted by Gasteiger charge is -2.08. The highest BCUT2D eigenvalue weighted by atomic mass is 79.9. The van der Waals surface area contributed by atoms with Crippen molar-refractivity contribution >= 4 is 33.2 Å². The standard InChI is InChI=1S/C8H9BrClNO/c1-11-6-3-5(9)4-7(12-2)8(6)10/h3-4,11H,1-2H3. The molecule has 0 aliphatic carbocycles. The molecule has 0 saturated carbocycles. The molecule has 66 valence electrons. The lowest BCUT2D eigenvalue weighted by Crippen LogP contribution is -1.92. The van der Waals surface area contributed by atoms with E-state index in [0.29, 0.717) is 10.8 Å². The molecule has 0 bridgehead atoms. The number of ether oxygens (including phenoxy) is 1. The summed E-state index contributed by atoms with van der Waals surface area (Å²) in [4.78, 5) is 0. The summed E-state index contributed by atoms with van der Waals surface area (Å²) in [6.07, 6.45) is 0. The van der Waals surface area contributed by atoms with E-state index in [0.717, 1.165) is 10.2 Å². The molecule has 1 aromatic rings. The maximum absolute atomic E-state index is 5.97. The molecule has 0 amide bonds. The molecule has 0 heterocycles. The van der Waals surface area contributed by atoms with Gasteiger partial charge in [-0.1, -0.05) is 27.5 Å². The minimum Gasteiger partial charge on any atom is -0.495 e. The maximum Gasteiger partial charge on any atom is 0.140 e. The lowest BCUT2D eigenvalue weighted by molar-refractivity contribution is 0.415. The van der Waals surface area contributed by atoms with Gasteiger partial charge in [0.1, 0.15) is 10.8 Å². The van der Waals surface area contributed by atoms with Gasteiger partial charge in [-0.15, -0.1) is 0 Å². The molecular formula is C8H9BrClNO. The topological polar surface area (TPSA) is 21.3 Å². The summed E-state index contributed by atoms with van der Waals surface area (Å²) >= 11 is 9.32. The van der Waals surface area contributed by atoms with Crippen LogP contribution in [0.4, 0.5) is 5.69 Å². The second kappa shape index (κ2) is 4.01. The molecular weight excluding hydrogens is 241 g/mol. The van der Waals surface area contributed by atoms with E-state index in [9.17, 15) is 0 Å². The zero-order valence-corrected chi connectivity index (χ0v) is 9.16. The van der Waals surface area contributed by atoms with E-state index < -0.39 is 0 Å². The third kappa shape index (κ3) is 1.84. The average molecular weight is 251 g/mol. The molecule has 0 saturated heterocycles. The molecule has 0 fully saturated rings. The molecule has 0 aromatic heterocycles. The first-order valence-electron chi connectivity index (χ1n) is 3.40. The zero-order chi connectivity index (χ0) is 9.14. The monoisotopic (exact) mass is 249 g/mol. The summed E-state index contributed by atoms with van der Waals surface area (Å²) in [6, 6.07) is 3.72. The second-order valence-electron chi connectivity index (χ2n) is 2.22. The van der Waals surface area contributed by atoms with Gasteiger partial charge in [0.2, 0.25) is 0 Å². The summed E-state index contributed by atoms with van der Waals surface area (Å²) in [7, 11) is 3.40. The van der Waals surface area contributed by atoms with Crippen molar-refractivity contribution in [2.45, 2.75) is 0 Å². The predicted molar refractivity (Wildman–Crippen MR) is 55.3 cm³/mol. The van der Waals surface area contributed by atoms with Gasteiger partial charge in [-0.25, -0.2) is 0 Å². The van der Waals surface area contributed by atoms with Crippen LogP contribution in [0.1, 0.15) is 0 Å². The Balaban J connectivity index is 3.22. The van der Waals surface area contributed by atoms with Gasteiger partial charge in [0, 0.05) is 11.5 Å². The second-order valence-corrected chi connectivity index (χ2v) is 3.51. The number of benzene rings is 1. The number of methoxy groups -OCH3 is 1. The van der Waals surface area contributed by atoms with Gasteiger partial charge < -0.3 is 10.1 Å². The molecule has 0 aliphatic heterocycles. The molecule has 0 unspecified atom stereocenters. The summed E-state index contributed by atoms with van der Waals surface area (Å²) in [6.45, 7) is 0. The van der Waals surface area contributed by atoms with Crippen LogP contribution < -0.4 is 10.1 Å². The van der Waals surface area contributed by atoms with Gasteiger partial charge in [-0.05, 0) is 12.1 Å². The van der Waals surface area contributed by atoms with Gasteiger partial charge in [0.15, 0.2) is 0 Å². The Morgan fingerprint density at radius 3 is 2.67 bits per heavy atom. The van der Waals surface area contributed by atoms with Gasteiger partial charge in [-0.2, -0.15) is 0 Å². The van der Waals surface area contributed by atoms with Crippen LogP contribution in [-0.2, 0) is 0 Å². The highest BCUT2D eigenvalue weighted by Crippen LogP contribution is 2.35. The fourth-order valence-corrected chi connectivity index (χ4v) is 1.61. The number of hydrogen-bond acceptors (Lipinski definition) is 2. The van der Waals surface area contributed by atoms with E-state index in [2.05, 4.69) is 21.2 Å². The first-order chi connectivity index (χ1) is 5.69. The van der Waals surface area contributed by atoms with Crippen molar-refractivity contribution in [1.82, 2.24) is 0 Å². The Labute approximate surface area is 85.0 Å². The molecule has 0 atom stereocenters. The Kier molecular flexibility index (Phi) is 3.23. The molecule has 1 N–H and O–H groups in total. The molecule has 0 spiro atoms. The Morgan fingerprint density at radius 2 is 2.17 bits per heavy atom. The molecule has 1 rings (SSSR count). The molecule has 4 heteroatoms. The van der Waals surface area contributed by atoms with Crippen molar-refractivity contribution in [3.63, 3.8) is 0 Å².